The van der Waals surface area contributed by atoms with E-state index in [-0.39, 0.29) is 11.8 Å². The molecule has 2 rings (SSSR count). The summed E-state index contributed by atoms with van der Waals surface area (Å²) in [5.41, 5.74) is 1.22. The van der Waals surface area contributed by atoms with Crippen LogP contribution in [0.15, 0.2) is 53.1 Å². The minimum absolute atomic E-state index is 0.169. The van der Waals surface area contributed by atoms with Crippen molar-refractivity contribution in [2.75, 3.05) is 6.54 Å². The maximum Gasteiger partial charge on any atom is 0.286 e. The number of furan rings is 1. The summed E-state index contributed by atoms with van der Waals surface area (Å²) in [4.78, 5) is 11.6. The lowest BCUT2D eigenvalue weighted by atomic mass is 10.0. The molecule has 3 nitrogen and oxygen atoms in total. The highest BCUT2D eigenvalue weighted by atomic mass is 16.3. The summed E-state index contributed by atoms with van der Waals surface area (Å²) in [5, 5.41) is 2.85. The quantitative estimate of drug-likeness (QED) is 0.876. The Morgan fingerprint density at radius 3 is 2.65 bits per heavy atom. The van der Waals surface area contributed by atoms with Crippen molar-refractivity contribution in [1.29, 1.82) is 0 Å². The second kappa shape index (κ2) is 5.34. The third-order valence-electron chi connectivity index (χ3n) is 2.68. The van der Waals surface area contributed by atoms with Gasteiger partial charge < -0.3 is 9.73 Å². The fourth-order valence-corrected chi connectivity index (χ4v) is 1.64. The second-order valence-electron chi connectivity index (χ2n) is 4.00. The van der Waals surface area contributed by atoms with Crippen LogP contribution in [-0.4, -0.2) is 12.5 Å². The lowest BCUT2D eigenvalue weighted by Crippen LogP contribution is -2.27. The third kappa shape index (κ3) is 2.97. The number of amides is 1. The molecule has 1 aromatic carbocycles. The normalized spacial score (nSPS) is 12.1. The van der Waals surface area contributed by atoms with E-state index in [1.54, 1.807) is 12.1 Å². The van der Waals surface area contributed by atoms with E-state index in [2.05, 4.69) is 24.4 Å². The average Bonchev–Trinajstić information content (AvgIpc) is 2.90. The SMILES string of the molecule is CC(CNC(=O)c1ccco1)c1ccccc1. The van der Waals surface area contributed by atoms with Crippen molar-refractivity contribution in [3.63, 3.8) is 0 Å². The first-order valence-electron chi connectivity index (χ1n) is 5.64. The Hall–Kier alpha value is -2.03. The average molecular weight is 229 g/mol. The maximum atomic E-state index is 11.6. The van der Waals surface area contributed by atoms with Gasteiger partial charge in [0.05, 0.1) is 6.26 Å². The molecule has 1 N–H and O–H groups in total. The summed E-state index contributed by atoms with van der Waals surface area (Å²) in [5.74, 6) is 0.471. The molecule has 1 heterocycles. The zero-order valence-electron chi connectivity index (χ0n) is 9.72. The van der Waals surface area contributed by atoms with E-state index >= 15 is 0 Å². The molecule has 88 valence electrons. The van der Waals surface area contributed by atoms with Gasteiger partial charge in [-0.1, -0.05) is 37.3 Å². The number of carbonyl (C=O) groups is 1. The number of hydrogen-bond acceptors (Lipinski definition) is 2. The van der Waals surface area contributed by atoms with Crippen LogP contribution < -0.4 is 5.32 Å². The first-order valence-corrected chi connectivity index (χ1v) is 5.64. The molecule has 0 aliphatic carbocycles. The van der Waals surface area contributed by atoms with Crippen molar-refractivity contribution >= 4 is 5.91 Å². The van der Waals surface area contributed by atoms with Crippen LogP contribution in [0.1, 0.15) is 29.0 Å². The van der Waals surface area contributed by atoms with Crippen molar-refractivity contribution in [3.8, 4) is 0 Å². The molecular formula is C14H15NO2. The Morgan fingerprint density at radius 1 is 1.24 bits per heavy atom. The first kappa shape index (κ1) is 11.5. The van der Waals surface area contributed by atoms with Crippen molar-refractivity contribution in [1.82, 2.24) is 5.32 Å². The Labute approximate surface area is 100 Å². The van der Waals surface area contributed by atoms with Gasteiger partial charge in [-0.25, -0.2) is 0 Å². The second-order valence-corrected chi connectivity index (χ2v) is 4.00. The van der Waals surface area contributed by atoms with Gasteiger partial charge in [0.25, 0.3) is 5.91 Å². The van der Waals surface area contributed by atoms with E-state index in [0.717, 1.165) is 0 Å². The summed E-state index contributed by atoms with van der Waals surface area (Å²) in [6.45, 7) is 2.68. The summed E-state index contributed by atoms with van der Waals surface area (Å²) < 4.78 is 5.02. The monoisotopic (exact) mass is 229 g/mol. The van der Waals surface area contributed by atoms with E-state index in [9.17, 15) is 4.79 Å². The standard InChI is InChI=1S/C14H15NO2/c1-11(12-6-3-2-4-7-12)10-15-14(16)13-8-5-9-17-13/h2-9,11H,10H2,1H3,(H,15,16). The molecule has 1 amide bonds. The molecule has 0 aliphatic rings. The van der Waals surface area contributed by atoms with Gasteiger partial charge in [0, 0.05) is 6.54 Å². The Morgan fingerprint density at radius 2 is 2.00 bits per heavy atom. The van der Waals surface area contributed by atoms with Crippen LogP contribution >= 0.6 is 0 Å². The van der Waals surface area contributed by atoms with Gasteiger partial charge in [-0.05, 0) is 23.6 Å². The smallest absolute Gasteiger partial charge is 0.286 e. The fourth-order valence-electron chi connectivity index (χ4n) is 1.64. The fraction of sp³-hybridized carbons (Fsp3) is 0.214. The van der Waals surface area contributed by atoms with E-state index < -0.39 is 0 Å². The molecule has 0 aliphatic heterocycles. The molecule has 0 fully saturated rings. The number of hydrogen-bond donors (Lipinski definition) is 1. The highest BCUT2D eigenvalue weighted by Crippen LogP contribution is 2.13. The molecule has 1 aromatic heterocycles. The summed E-state index contributed by atoms with van der Waals surface area (Å²) in [6, 6.07) is 13.5. The van der Waals surface area contributed by atoms with E-state index in [1.165, 1.54) is 11.8 Å². The van der Waals surface area contributed by atoms with Crippen molar-refractivity contribution in [3.05, 3.63) is 60.1 Å². The van der Waals surface area contributed by atoms with Gasteiger partial charge in [0.15, 0.2) is 5.76 Å². The molecule has 0 bridgehead atoms. The largest absolute Gasteiger partial charge is 0.459 e. The van der Waals surface area contributed by atoms with Crippen molar-refractivity contribution in [2.45, 2.75) is 12.8 Å². The highest BCUT2D eigenvalue weighted by Gasteiger charge is 2.10. The zero-order valence-corrected chi connectivity index (χ0v) is 9.72. The van der Waals surface area contributed by atoms with Gasteiger partial charge in [0.1, 0.15) is 0 Å². The van der Waals surface area contributed by atoms with Crippen LogP contribution in [0.5, 0.6) is 0 Å². The van der Waals surface area contributed by atoms with E-state index in [1.807, 2.05) is 18.2 Å². The van der Waals surface area contributed by atoms with Crippen LogP contribution in [0.3, 0.4) is 0 Å². The topological polar surface area (TPSA) is 42.2 Å². The Balaban J connectivity index is 1.89. The number of rotatable bonds is 4. The summed E-state index contributed by atoms with van der Waals surface area (Å²) >= 11 is 0. The third-order valence-corrected chi connectivity index (χ3v) is 2.68. The van der Waals surface area contributed by atoms with Gasteiger partial charge in [-0.2, -0.15) is 0 Å². The first-order chi connectivity index (χ1) is 8.27. The highest BCUT2D eigenvalue weighted by molar-refractivity contribution is 5.91. The molecule has 17 heavy (non-hydrogen) atoms. The summed E-state index contributed by atoms with van der Waals surface area (Å²) in [7, 11) is 0. The minimum Gasteiger partial charge on any atom is -0.459 e. The van der Waals surface area contributed by atoms with Crippen LogP contribution in [0.2, 0.25) is 0 Å². The van der Waals surface area contributed by atoms with Gasteiger partial charge in [-0.3, -0.25) is 4.79 Å². The van der Waals surface area contributed by atoms with Gasteiger partial charge in [-0.15, -0.1) is 0 Å². The summed E-state index contributed by atoms with van der Waals surface area (Å²) in [6.07, 6.45) is 1.50. The Bertz CT molecular complexity index is 462. The molecule has 0 spiro atoms. The minimum atomic E-state index is -0.169. The predicted octanol–water partition coefficient (Wildman–Crippen LogP) is 2.81. The molecule has 2 aromatic rings. The zero-order chi connectivity index (χ0) is 12.1. The van der Waals surface area contributed by atoms with Crippen molar-refractivity contribution < 1.29 is 9.21 Å². The number of benzene rings is 1. The lowest BCUT2D eigenvalue weighted by Gasteiger charge is -2.12. The van der Waals surface area contributed by atoms with Crippen LogP contribution in [-0.2, 0) is 0 Å². The number of nitrogens with one attached hydrogen (secondary N) is 1. The molecule has 3 heteroatoms. The molecular weight excluding hydrogens is 214 g/mol. The molecule has 0 radical (unpaired) electrons. The van der Waals surface area contributed by atoms with Crippen LogP contribution in [0.25, 0.3) is 0 Å². The van der Waals surface area contributed by atoms with Gasteiger partial charge in [0.2, 0.25) is 0 Å². The van der Waals surface area contributed by atoms with E-state index in [0.29, 0.717) is 12.3 Å². The molecule has 1 atom stereocenters. The predicted molar refractivity (Wildman–Crippen MR) is 65.9 cm³/mol. The molecule has 0 saturated heterocycles. The lowest BCUT2D eigenvalue weighted by molar-refractivity contribution is 0.0924. The Kier molecular flexibility index (Phi) is 3.60. The van der Waals surface area contributed by atoms with Crippen molar-refractivity contribution in [2.24, 2.45) is 0 Å². The van der Waals surface area contributed by atoms with Crippen LogP contribution in [0.4, 0.5) is 0 Å². The number of carbonyl (C=O) groups excluding carboxylic acids is 1. The molecule has 0 saturated carbocycles. The van der Waals surface area contributed by atoms with Gasteiger partial charge >= 0.3 is 0 Å². The van der Waals surface area contributed by atoms with E-state index in [4.69, 9.17) is 4.42 Å². The van der Waals surface area contributed by atoms with Crippen LogP contribution in [0, 0.1) is 0 Å². The maximum absolute atomic E-state index is 11.6. The molecule has 1 unspecified atom stereocenters.